The van der Waals surface area contributed by atoms with Gasteiger partial charge < -0.3 is 5.48 Å². The monoisotopic (exact) mass is 370 g/mol. The second kappa shape index (κ2) is 7.28. The van der Waals surface area contributed by atoms with E-state index < -0.39 is 20.2 Å². The molecule has 3 rings (SSSR count). The summed E-state index contributed by atoms with van der Waals surface area (Å²) in [5, 5.41) is 0. The molecule has 0 bridgehead atoms. The summed E-state index contributed by atoms with van der Waals surface area (Å²) in [4.78, 5) is 0. The Kier molecular flexibility index (Phi) is 5.40. The molecular weight excluding hydrogens is 354 g/mol. The summed E-state index contributed by atoms with van der Waals surface area (Å²) in [6.07, 6.45) is 0. The van der Waals surface area contributed by atoms with E-state index in [0.29, 0.717) is 0 Å². The number of hydrogen-bond acceptors (Lipinski definition) is 1. The van der Waals surface area contributed by atoms with Gasteiger partial charge in [-0.25, -0.2) is 0 Å². The number of hydrogen-bond donors (Lipinski definition) is 0. The van der Waals surface area contributed by atoms with Crippen molar-refractivity contribution in [2.45, 2.75) is 0 Å². The quantitative estimate of drug-likeness (QED) is 0.646. The van der Waals surface area contributed by atoms with Gasteiger partial charge in [-0.05, 0) is 0 Å². The Morgan fingerprint density at radius 1 is 0.400 bits per heavy atom. The Bertz CT molecular complexity index is 529. The Morgan fingerprint density at radius 3 is 0.900 bits per heavy atom. The summed E-state index contributed by atoms with van der Waals surface area (Å²) in [5.41, 5.74) is 0. The van der Waals surface area contributed by atoms with Crippen LogP contribution in [0.1, 0.15) is 0 Å². The third-order valence-electron chi connectivity index (χ3n) is 3.19. The average molecular weight is 371 g/mol. The molecule has 0 heterocycles. The molecule has 0 aromatic heterocycles. The summed E-state index contributed by atoms with van der Waals surface area (Å²) < 4.78 is 4.59. The van der Waals surface area contributed by atoms with Gasteiger partial charge in [0.05, 0.1) is 0 Å². The van der Waals surface area contributed by atoms with E-state index in [1.165, 1.54) is 10.5 Å². The first kappa shape index (κ1) is 14.8. The molecule has 0 aliphatic rings. The zero-order valence-electron chi connectivity index (χ0n) is 11.1. The fourth-order valence-electron chi connectivity index (χ4n) is 2.31. The predicted molar refractivity (Wildman–Crippen MR) is 87.3 cm³/mol. The van der Waals surface area contributed by atoms with Crippen LogP contribution in [0.2, 0.25) is 0 Å². The molecule has 100 valence electrons. The van der Waals surface area contributed by atoms with Gasteiger partial charge in [0.1, 0.15) is 0 Å². The maximum atomic E-state index is 2.29. The predicted octanol–water partition coefficient (Wildman–Crippen LogP) is 1.76. The number of rotatable bonds is 3. The Hall–Kier alpha value is -1.56. The molecular formula is C18H17OSb. The van der Waals surface area contributed by atoms with E-state index in [1.54, 1.807) is 0 Å². The van der Waals surface area contributed by atoms with E-state index in [1.807, 2.05) is 0 Å². The summed E-state index contributed by atoms with van der Waals surface area (Å²) in [7, 11) is 0. The van der Waals surface area contributed by atoms with E-state index >= 15 is 0 Å². The van der Waals surface area contributed by atoms with Crippen LogP contribution in [0.15, 0.2) is 91.0 Å². The van der Waals surface area contributed by atoms with E-state index in [-0.39, 0.29) is 5.48 Å². The molecule has 3 aromatic carbocycles. The van der Waals surface area contributed by atoms with Gasteiger partial charge in [-0.1, -0.05) is 0 Å². The first-order valence-corrected chi connectivity index (χ1v) is 10.8. The molecule has 0 saturated carbocycles. The van der Waals surface area contributed by atoms with Crippen LogP contribution in [0.5, 0.6) is 0 Å². The van der Waals surface area contributed by atoms with Crippen molar-refractivity contribution in [1.29, 1.82) is 0 Å². The van der Waals surface area contributed by atoms with Gasteiger partial charge in [-0.15, -0.1) is 0 Å². The third kappa shape index (κ3) is 3.30. The van der Waals surface area contributed by atoms with Gasteiger partial charge in [0.2, 0.25) is 0 Å². The molecule has 0 aliphatic carbocycles. The normalized spacial score (nSPS) is 10.1. The zero-order chi connectivity index (χ0) is 12.9. The molecule has 0 amide bonds. The first-order chi connectivity index (χ1) is 9.45. The van der Waals surface area contributed by atoms with E-state index in [4.69, 9.17) is 0 Å². The standard InChI is InChI=1S/3C6H5.H2O.Sb.H/c3*1-2-4-6-5-3-1;;;/h3*1-5H;1H2;;/q;;;;+1;/p-1. The SMILES string of the molecule is [OH-].c1cc[c]([SbH+]([c]2ccccc2)[c]2ccccc2)cc1. The van der Waals surface area contributed by atoms with Gasteiger partial charge in [0.25, 0.3) is 0 Å². The van der Waals surface area contributed by atoms with Crippen LogP contribution >= 0.6 is 0 Å². The molecule has 0 fully saturated rings. The van der Waals surface area contributed by atoms with Crippen molar-refractivity contribution in [2.75, 3.05) is 0 Å². The van der Waals surface area contributed by atoms with Crippen molar-refractivity contribution in [3.63, 3.8) is 0 Å². The first-order valence-electron chi connectivity index (χ1n) is 6.48. The number of benzene rings is 3. The molecule has 0 spiro atoms. The summed E-state index contributed by atoms with van der Waals surface area (Å²) in [6, 6.07) is 32.9. The van der Waals surface area contributed by atoms with Crippen molar-refractivity contribution >= 4 is 30.7 Å². The third-order valence-corrected chi connectivity index (χ3v) is 11.0. The Labute approximate surface area is 127 Å². The topological polar surface area (TPSA) is 30.0 Å². The van der Waals surface area contributed by atoms with E-state index in [9.17, 15) is 0 Å². The van der Waals surface area contributed by atoms with Gasteiger partial charge >= 0.3 is 122 Å². The maximum absolute atomic E-state index is 2.29. The van der Waals surface area contributed by atoms with Crippen molar-refractivity contribution in [3.05, 3.63) is 91.0 Å². The molecule has 0 saturated heterocycles. The van der Waals surface area contributed by atoms with Gasteiger partial charge in [-0.2, -0.15) is 0 Å². The van der Waals surface area contributed by atoms with Crippen LogP contribution in [-0.4, -0.2) is 25.7 Å². The van der Waals surface area contributed by atoms with Crippen LogP contribution in [-0.2, 0) is 0 Å². The van der Waals surface area contributed by atoms with Crippen molar-refractivity contribution in [1.82, 2.24) is 0 Å². The van der Waals surface area contributed by atoms with Gasteiger partial charge in [0, 0.05) is 0 Å². The Morgan fingerprint density at radius 2 is 0.650 bits per heavy atom. The van der Waals surface area contributed by atoms with E-state index in [0.717, 1.165) is 0 Å². The summed E-state index contributed by atoms with van der Waals surface area (Å²) >= 11 is -1.98. The summed E-state index contributed by atoms with van der Waals surface area (Å²) in [5.74, 6) is 0. The van der Waals surface area contributed by atoms with Crippen LogP contribution < -0.4 is 10.5 Å². The second-order valence-corrected chi connectivity index (χ2v) is 11.6. The minimum absolute atomic E-state index is 0. The van der Waals surface area contributed by atoms with Gasteiger partial charge in [-0.3, -0.25) is 0 Å². The average Bonchev–Trinajstić information content (AvgIpc) is 2.51. The molecule has 0 atom stereocenters. The van der Waals surface area contributed by atoms with Crippen LogP contribution in [0.25, 0.3) is 0 Å². The second-order valence-electron chi connectivity index (χ2n) is 4.47. The molecule has 20 heavy (non-hydrogen) atoms. The minimum atomic E-state index is -1.98. The van der Waals surface area contributed by atoms with Crippen LogP contribution in [0.3, 0.4) is 0 Å². The molecule has 0 radical (unpaired) electrons. The van der Waals surface area contributed by atoms with Crippen LogP contribution in [0, 0.1) is 0 Å². The van der Waals surface area contributed by atoms with Crippen molar-refractivity contribution < 1.29 is 5.48 Å². The summed E-state index contributed by atoms with van der Waals surface area (Å²) in [6.45, 7) is 0. The van der Waals surface area contributed by atoms with Gasteiger partial charge in [0.15, 0.2) is 0 Å². The van der Waals surface area contributed by atoms with Crippen LogP contribution in [0.4, 0.5) is 0 Å². The van der Waals surface area contributed by atoms with Crippen molar-refractivity contribution in [3.8, 4) is 0 Å². The Balaban J connectivity index is 0.00000147. The fraction of sp³-hybridized carbons (Fsp3) is 0. The molecule has 0 unspecified atom stereocenters. The molecule has 1 N–H and O–H groups in total. The molecule has 0 aliphatic heterocycles. The molecule has 3 aromatic rings. The van der Waals surface area contributed by atoms with Crippen molar-refractivity contribution in [2.24, 2.45) is 0 Å². The van der Waals surface area contributed by atoms with E-state index in [2.05, 4.69) is 91.0 Å². The molecule has 2 heteroatoms. The molecule has 1 nitrogen and oxygen atoms in total. The zero-order valence-corrected chi connectivity index (χ0v) is 14.0. The fourth-order valence-corrected chi connectivity index (χ4v) is 9.67.